The van der Waals surface area contributed by atoms with Crippen molar-refractivity contribution in [3.05, 3.63) is 51.7 Å². The van der Waals surface area contributed by atoms with Gasteiger partial charge in [-0.25, -0.2) is 0 Å². The second-order valence-electron chi connectivity index (χ2n) is 4.34. The first kappa shape index (κ1) is 14.3. The minimum Gasteiger partial charge on any atom is -0.494 e. The second kappa shape index (κ2) is 6.36. The van der Waals surface area contributed by atoms with Gasteiger partial charge < -0.3 is 4.74 Å². The highest BCUT2D eigenvalue weighted by Gasteiger charge is 2.22. The fraction of sp³-hybridized carbons (Fsp3) is 0.250. The first-order valence-corrected chi connectivity index (χ1v) is 7.20. The molecule has 0 saturated carbocycles. The summed E-state index contributed by atoms with van der Waals surface area (Å²) in [5, 5.41) is 9.29. The molecule has 0 N–H and O–H groups in total. The molecule has 0 spiro atoms. The summed E-state index contributed by atoms with van der Waals surface area (Å²) in [5.74, 6) is -0.161. The third-order valence-corrected chi connectivity index (χ3v) is 3.91. The van der Waals surface area contributed by atoms with Crippen LogP contribution in [0.25, 0.3) is 0 Å². The fourth-order valence-electron chi connectivity index (χ4n) is 1.92. The highest BCUT2D eigenvalue weighted by atomic mass is 32.1. The number of thiophene rings is 1. The van der Waals surface area contributed by atoms with Crippen molar-refractivity contribution in [3.63, 3.8) is 0 Å². The molecule has 1 aromatic carbocycles. The van der Waals surface area contributed by atoms with Crippen molar-refractivity contribution in [1.82, 2.24) is 0 Å². The van der Waals surface area contributed by atoms with Gasteiger partial charge in [-0.2, -0.15) is 5.26 Å². The summed E-state index contributed by atoms with van der Waals surface area (Å²) in [7, 11) is 0. The monoisotopic (exact) mass is 285 g/mol. The molecular weight excluding hydrogens is 270 g/mol. The molecule has 3 nitrogen and oxygen atoms in total. The Morgan fingerprint density at radius 1 is 1.30 bits per heavy atom. The van der Waals surface area contributed by atoms with Gasteiger partial charge in [-0.1, -0.05) is 12.1 Å². The first-order valence-electron chi connectivity index (χ1n) is 6.38. The first-order chi connectivity index (χ1) is 9.65. The number of rotatable bonds is 5. The van der Waals surface area contributed by atoms with Crippen LogP contribution >= 0.6 is 11.3 Å². The predicted octanol–water partition coefficient (Wildman–Crippen LogP) is 3.95. The zero-order valence-electron chi connectivity index (χ0n) is 11.4. The predicted molar refractivity (Wildman–Crippen MR) is 79.4 cm³/mol. The van der Waals surface area contributed by atoms with Crippen molar-refractivity contribution >= 4 is 17.1 Å². The van der Waals surface area contributed by atoms with Crippen LogP contribution in [0.5, 0.6) is 5.75 Å². The van der Waals surface area contributed by atoms with Gasteiger partial charge in [0.05, 0.1) is 17.6 Å². The molecule has 4 heteroatoms. The summed E-state index contributed by atoms with van der Waals surface area (Å²) < 4.78 is 5.36. The molecule has 1 aromatic heterocycles. The zero-order chi connectivity index (χ0) is 14.5. The third-order valence-electron chi connectivity index (χ3n) is 2.90. The van der Waals surface area contributed by atoms with Crippen LogP contribution in [0.2, 0.25) is 0 Å². The summed E-state index contributed by atoms with van der Waals surface area (Å²) >= 11 is 1.42. The van der Waals surface area contributed by atoms with Gasteiger partial charge in [0.25, 0.3) is 0 Å². The molecule has 0 amide bonds. The lowest BCUT2D eigenvalue weighted by atomic mass is 9.95. The quantitative estimate of drug-likeness (QED) is 0.782. The molecule has 1 unspecified atom stereocenters. The van der Waals surface area contributed by atoms with Gasteiger partial charge in [-0.15, -0.1) is 11.3 Å². The number of ketones is 1. The second-order valence-corrected chi connectivity index (χ2v) is 5.63. The van der Waals surface area contributed by atoms with Crippen molar-refractivity contribution < 1.29 is 9.53 Å². The Labute approximate surface area is 122 Å². The molecule has 0 saturated heterocycles. The van der Waals surface area contributed by atoms with Crippen LogP contribution in [0.4, 0.5) is 0 Å². The normalized spacial score (nSPS) is 11.7. The van der Waals surface area contributed by atoms with Crippen LogP contribution in [-0.4, -0.2) is 12.4 Å². The van der Waals surface area contributed by atoms with Crippen molar-refractivity contribution in [3.8, 4) is 11.8 Å². The summed E-state index contributed by atoms with van der Waals surface area (Å²) in [6.07, 6.45) is 0. The van der Waals surface area contributed by atoms with Crippen molar-refractivity contribution in [2.75, 3.05) is 6.61 Å². The smallest absolute Gasteiger partial charge is 0.194 e. The molecule has 0 bridgehead atoms. The van der Waals surface area contributed by atoms with Crippen LogP contribution < -0.4 is 4.74 Å². The van der Waals surface area contributed by atoms with E-state index in [0.717, 1.165) is 10.6 Å². The largest absolute Gasteiger partial charge is 0.494 e. The van der Waals surface area contributed by atoms with Crippen molar-refractivity contribution in [2.45, 2.75) is 19.8 Å². The van der Waals surface area contributed by atoms with Gasteiger partial charge in [0.2, 0.25) is 0 Å². The van der Waals surface area contributed by atoms with E-state index in [1.165, 1.54) is 11.3 Å². The van der Waals surface area contributed by atoms with Crippen molar-refractivity contribution in [1.29, 1.82) is 5.26 Å². The number of nitriles is 1. The molecule has 102 valence electrons. The Bertz CT molecular complexity index is 637. The molecule has 0 fully saturated rings. The molecule has 0 radical (unpaired) electrons. The van der Waals surface area contributed by atoms with Crippen LogP contribution in [0, 0.1) is 18.3 Å². The number of benzene rings is 1. The Morgan fingerprint density at radius 3 is 2.50 bits per heavy atom. The molecule has 0 aliphatic heterocycles. The molecule has 0 aliphatic rings. The summed E-state index contributed by atoms with van der Waals surface area (Å²) in [5.41, 5.74) is 0.701. The number of aryl methyl sites for hydroxylation is 1. The molecule has 1 heterocycles. The number of Topliss-reactive ketones (excluding diaryl/α,β-unsaturated/α-hetero) is 1. The number of hydrogen-bond acceptors (Lipinski definition) is 4. The minimum absolute atomic E-state index is 0.144. The number of nitrogens with zero attached hydrogens (tertiary/aromatic N) is 1. The van der Waals surface area contributed by atoms with Crippen LogP contribution in [0.1, 0.15) is 33.0 Å². The van der Waals surface area contributed by atoms with Gasteiger partial charge in [-0.3, -0.25) is 4.79 Å². The zero-order valence-corrected chi connectivity index (χ0v) is 12.2. The third kappa shape index (κ3) is 3.06. The highest BCUT2D eigenvalue weighted by molar-refractivity contribution is 7.14. The topological polar surface area (TPSA) is 50.1 Å². The maximum absolute atomic E-state index is 12.4. The average molecular weight is 285 g/mol. The fourth-order valence-corrected chi connectivity index (χ4v) is 2.75. The Hall–Kier alpha value is -2.12. The van der Waals surface area contributed by atoms with E-state index in [-0.39, 0.29) is 5.78 Å². The molecule has 1 atom stereocenters. The van der Waals surface area contributed by atoms with E-state index in [0.29, 0.717) is 17.0 Å². The van der Waals surface area contributed by atoms with Crippen LogP contribution in [0.15, 0.2) is 36.4 Å². The molecule has 2 aromatic rings. The van der Waals surface area contributed by atoms with E-state index in [2.05, 4.69) is 6.07 Å². The SMILES string of the molecule is CCOc1ccc(C(C#N)C(=O)c2ccc(C)s2)cc1. The van der Waals surface area contributed by atoms with E-state index in [1.54, 1.807) is 30.3 Å². The van der Waals surface area contributed by atoms with Gasteiger partial charge in [0, 0.05) is 4.88 Å². The van der Waals surface area contributed by atoms with E-state index >= 15 is 0 Å². The maximum Gasteiger partial charge on any atom is 0.194 e. The Kier molecular flexibility index (Phi) is 4.54. The maximum atomic E-state index is 12.4. The van der Waals surface area contributed by atoms with E-state index < -0.39 is 5.92 Å². The molecule has 2 rings (SSSR count). The van der Waals surface area contributed by atoms with Gasteiger partial charge in [0.1, 0.15) is 11.7 Å². The van der Waals surface area contributed by atoms with Crippen molar-refractivity contribution in [2.24, 2.45) is 0 Å². The molecular formula is C16H15NO2S. The van der Waals surface area contributed by atoms with Crippen LogP contribution in [0.3, 0.4) is 0 Å². The number of carbonyl (C=O) groups excluding carboxylic acids is 1. The molecule has 20 heavy (non-hydrogen) atoms. The van der Waals surface area contributed by atoms with E-state index in [9.17, 15) is 10.1 Å². The van der Waals surface area contributed by atoms with E-state index in [1.807, 2.05) is 19.9 Å². The van der Waals surface area contributed by atoms with Gasteiger partial charge in [0.15, 0.2) is 5.78 Å². The van der Waals surface area contributed by atoms with E-state index in [4.69, 9.17) is 4.74 Å². The summed E-state index contributed by atoms with van der Waals surface area (Å²) in [6, 6.07) is 12.9. The Morgan fingerprint density at radius 2 is 2.00 bits per heavy atom. The lowest BCUT2D eigenvalue weighted by Gasteiger charge is -2.08. The van der Waals surface area contributed by atoms with Crippen LogP contribution in [-0.2, 0) is 0 Å². The van der Waals surface area contributed by atoms with Gasteiger partial charge >= 0.3 is 0 Å². The highest BCUT2D eigenvalue weighted by Crippen LogP contribution is 2.26. The Balaban J connectivity index is 2.24. The van der Waals surface area contributed by atoms with Gasteiger partial charge in [-0.05, 0) is 43.7 Å². The summed E-state index contributed by atoms with van der Waals surface area (Å²) in [6.45, 7) is 4.45. The summed E-state index contributed by atoms with van der Waals surface area (Å²) in [4.78, 5) is 14.1. The lowest BCUT2D eigenvalue weighted by Crippen LogP contribution is -2.09. The number of hydrogen-bond donors (Lipinski definition) is 0. The minimum atomic E-state index is -0.760. The number of carbonyl (C=O) groups is 1. The standard InChI is InChI=1S/C16H15NO2S/c1-3-19-13-7-5-12(6-8-13)14(10-17)16(18)15-9-4-11(2)20-15/h4-9,14H,3H2,1-2H3. The lowest BCUT2D eigenvalue weighted by molar-refractivity contribution is 0.0982. The average Bonchev–Trinajstić information content (AvgIpc) is 2.88. The molecule has 0 aliphatic carbocycles. The number of ether oxygens (including phenoxy) is 1.